The lowest BCUT2D eigenvalue weighted by atomic mass is 10.1. The van der Waals surface area contributed by atoms with E-state index in [0.717, 1.165) is 12.1 Å². The molecule has 0 aliphatic carbocycles. The molecule has 0 saturated heterocycles. The van der Waals surface area contributed by atoms with Gasteiger partial charge in [0.15, 0.2) is 10.8 Å². The molecule has 0 N–H and O–H groups in total. The van der Waals surface area contributed by atoms with E-state index >= 15 is 0 Å². The van der Waals surface area contributed by atoms with Gasteiger partial charge in [-0.25, -0.2) is 13.8 Å². The zero-order chi connectivity index (χ0) is 24.5. The molecule has 0 fully saturated rings. The van der Waals surface area contributed by atoms with E-state index in [1.54, 1.807) is 27.7 Å². The Morgan fingerprint density at radius 3 is 2.12 bits per heavy atom. The predicted molar refractivity (Wildman–Crippen MR) is 102 cm³/mol. The summed E-state index contributed by atoms with van der Waals surface area (Å²) in [6.45, 7) is 6.84. The number of hydrogen-bond donors (Lipinski definition) is 0. The number of hydrogen-bond acceptors (Lipinski definition) is 5. The van der Waals surface area contributed by atoms with Crippen LogP contribution in [0.3, 0.4) is 0 Å². The Morgan fingerprint density at radius 1 is 1.06 bits per heavy atom. The van der Waals surface area contributed by atoms with E-state index < -0.39 is 41.8 Å². The Kier molecular flexibility index (Phi) is 7.40. The maximum absolute atomic E-state index is 13.5. The van der Waals surface area contributed by atoms with E-state index in [2.05, 4.69) is 14.6 Å². The molecule has 6 nitrogen and oxygen atoms in total. The molecule has 0 aliphatic rings. The highest BCUT2D eigenvalue weighted by atomic mass is 35.5. The first-order valence-electron chi connectivity index (χ1n) is 9.01. The first kappa shape index (κ1) is 25.8. The first-order chi connectivity index (χ1) is 14.5. The standard InChI is InChI=1S/C19H19ClF6N2O4/c1-10(30-13-9-27-28(17(2,3)4)15(29)14(13)20)11-5-7-12(8-6-11)31-18(22,23)16(21)32-19(24,25)26/h5-10,16H,1-4H3. The predicted octanol–water partition coefficient (Wildman–Crippen LogP) is 5.60. The zero-order valence-electron chi connectivity index (χ0n) is 17.2. The highest BCUT2D eigenvalue weighted by molar-refractivity contribution is 6.31. The molecule has 2 unspecified atom stereocenters. The van der Waals surface area contributed by atoms with Crippen LogP contribution in [0, 0.1) is 0 Å². The van der Waals surface area contributed by atoms with Crippen LogP contribution in [-0.2, 0) is 10.3 Å². The summed E-state index contributed by atoms with van der Waals surface area (Å²) in [4.78, 5) is 12.4. The van der Waals surface area contributed by atoms with Gasteiger partial charge in [-0.15, -0.1) is 13.2 Å². The highest BCUT2D eigenvalue weighted by Crippen LogP contribution is 2.33. The van der Waals surface area contributed by atoms with Crippen LogP contribution in [0.4, 0.5) is 26.3 Å². The summed E-state index contributed by atoms with van der Waals surface area (Å²) in [7, 11) is 0. The van der Waals surface area contributed by atoms with E-state index in [0.29, 0.717) is 5.56 Å². The molecule has 0 bridgehead atoms. The van der Waals surface area contributed by atoms with Gasteiger partial charge >= 0.3 is 18.8 Å². The van der Waals surface area contributed by atoms with Gasteiger partial charge in [-0.05, 0) is 45.4 Å². The molecule has 0 amide bonds. The van der Waals surface area contributed by atoms with Crippen LogP contribution in [0.2, 0.25) is 5.02 Å². The molecular formula is C19H19ClF6N2O4. The number of alkyl halides is 6. The minimum atomic E-state index is -5.60. The number of aromatic nitrogens is 2. The van der Waals surface area contributed by atoms with E-state index in [4.69, 9.17) is 16.3 Å². The van der Waals surface area contributed by atoms with Gasteiger partial charge in [0.25, 0.3) is 5.56 Å². The summed E-state index contributed by atoms with van der Waals surface area (Å²) in [5, 5.41) is 3.81. The lowest BCUT2D eigenvalue weighted by Gasteiger charge is -2.23. The van der Waals surface area contributed by atoms with Gasteiger partial charge in [0.1, 0.15) is 11.9 Å². The Hall–Kier alpha value is -2.47. The van der Waals surface area contributed by atoms with Crippen LogP contribution in [-0.4, -0.2) is 28.6 Å². The van der Waals surface area contributed by atoms with Crippen LogP contribution in [0.5, 0.6) is 11.5 Å². The minimum Gasteiger partial charge on any atom is -0.483 e. The Labute approximate surface area is 183 Å². The number of halogens is 7. The fraction of sp³-hybridized carbons (Fsp3) is 0.474. The number of ether oxygens (including phenoxy) is 3. The summed E-state index contributed by atoms with van der Waals surface area (Å²) < 4.78 is 89.3. The second kappa shape index (κ2) is 9.18. The van der Waals surface area contributed by atoms with Crippen LogP contribution < -0.4 is 15.0 Å². The van der Waals surface area contributed by atoms with Gasteiger partial charge in [0.2, 0.25) is 0 Å². The molecule has 2 rings (SSSR count). The van der Waals surface area contributed by atoms with Gasteiger partial charge in [-0.1, -0.05) is 23.7 Å². The van der Waals surface area contributed by atoms with Crippen LogP contribution in [0.1, 0.15) is 39.4 Å². The topological polar surface area (TPSA) is 62.6 Å². The minimum absolute atomic E-state index is 0.0129. The van der Waals surface area contributed by atoms with Crippen molar-refractivity contribution in [3.63, 3.8) is 0 Å². The third-order valence-electron chi connectivity index (χ3n) is 3.93. The summed E-state index contributed by atoms with van der Waals surface area (Å²) in [6.07, 6.45) is -14.0. The van der Waals surface area contributed by atoms with Gasteiger partial charge in [-0.2, -0.15) is 13.9 Å². The third-order valence-corrected chi connectivity index (χ3v) is 4.28. The monoisotopic (exact) mass is 488 g/mol. The molecule has 1 aromatic heterocycles. The van der Waals surface area contributed by atoms with Crippen molar-refractivity contribution in [1.82, 2.24) is 9.78 Å². The fourth-order valence-corrected chi connectivity index (χ4v) is 2.61. The molecule has 2 atom stereocenters. The summed E-state index contributed by atoms with van der Waals surface area (Å²) in [5.74, 6) is -0.632. The maximum Gasteiger partial charge on any atom is 0.525 e. The van der Waals surface area contributed by atoms with Crippen molar-refractivity contribution in [3.05, 3.63) is 51.4 Å². The van der Waals surface area contributed by atoms with Crippen molar-refractivity contribution in [3.8, 4) is 11.5 Å². The van der Waals surface area contributed by atoms with E-state index in [1.165, 1.54) is 23.0 Å². The number of nitrogens with zero attached hydrogens (tertiary/aromatic N) is 2. The molecule has 178 valence electrons. The van der Waals surface area contributed by atoms with Gasteiger partial charge in [-0.3, -0.25) is 4.79 Å². The van der Waals surface area contributed by atoms with Crippen molar-refractivity contribution < 1.29 is 40.6 Å². The van der Waals surface area contributed by atoms with Gasteiger partial charge in [0, 0.05) is 0 Å². The third kappa shape index (κ3) is 6.52. The number of benzene rings is 1. The van der Waals surface area contributed by atoms with Crippen molar-refractivity contribution in [2.75, 3.05) is 0 Å². The van der Waals surface area contributed by atoms with Crippen LogP contribution in [0.25, 0.3) is 0 Å². The summed E-state index contributed by atoms with van der Waals surface area (Å²) in [5.41, 5.74) is -0.788. The van der Waals surface area contributed by atoms with Crippen molar-refractivity contribution in [2.24, 2.45) is 0 Å². The molecule has 0 saturated carbocycles. The second-order valence-corrected chi connectivity index (χ2v) is 7.96. The van der Waals surface area contributed by atoms with Crippen molar-refractivity contribution >= 4 is 11.6 Å². The molecule has 0 spiro atoms. The summed E-state index contributed by atoms with van der Waals surface area (Å²) in [6, 6.07) is 4.46. The highest BCUT2D eigenvalue weighted by Gasteiger charge is 2.50. The van der Waals surface area contributed by atoms with E-state index in [9.17, 15) is 31.1 Å². The normalized spacial score (nSPS) is 14.7. The zero-order valence-corrected chi connectivity index (χ0v) is 18.0. The average Bonchev–Trinajstić information content (AvgIpc) is 2.63. The lowest BCUT2D eigenvalue weighted by Crippen LogP contribution is -2.41. The fourth-order valence-electron chi connectivity index (χ4n) is 2.43. The molecule has 0 aliphatic heterocycles. The molecular weight excluding hydrogens is 470 g/mol. The average molecular weight is 489 g/mol. The maximum atomic E-state index is 13.5. The molecule has 32 heavy (non-hydrogen) atoms. The Bertz CT molecular complexity index is 989. The molecule has 13 heteroatoms. The molecule has 2 aromatic rings. The Morgan fingerprint density at radius 2 is 1.62 bits per heavy atom. The largest absolute Gasteiger partial charge is 0.525 e. The first-order valence-corrected chi connectivity index (χ1v) is 9.39. The van der Waals surface area contributed by atoms with Crippen molar-refractivity contribution in [1.29, 1.82) is 0 Å². The molecule has 1 heterocycles. The summed E-state index contributed by atoms with van der Waals surface area (Å²) >= 11 is 6.08. The smallest absolute Gasteiger partial charge is 0.483 e. The van der Waals surface area contributed by atoms with Crippen molar-refractivity contribution in [2.45, 2.75) is 58.2 Å². The number of rotatable bonds is 7. The van der Waals surface area contributed by atoms with Crippen LogP contribution >= 0.6 is 11.6 Å². The van der Waals surface area contributed by atoms with Gasteiger partial charge in [0.05, 0.1) is 11.7 Å². The molecule has 0 radical (unpaired) electrons. The second-order valence-electron chi connectivity index (χ2n) is 7.58. The van der Waals surface area contributed by atoms with E-state index in [-0.39, 0.29) is 10.8 Å². The SMILES string of the molecule is CC(Oc1cnn(C(C)(C)C)c(=O)c1Cl)c1ccc(OC(F)(F)C(F)OC(F)(F)F)cc1. The van der Waals surface area contributed by atoms with Gasteiger partial charge < -0.3 is 9.47 Å². The quantitative estimate of drug-likeness (QED) is 0.475. The van der Waals surface area contributed by atoms with Crippen LogP contribution in [0.15, 0.2) is 35.3 Å². The Balaban J connectivity index is 2.12. The lowest BCUT2D eigenvalue weighted by molar-refractivity contribution is -0.411. The van der Waals surface area contributed by atoms with E-state index in [1.807, 2.05) is 0 Å². The molecule has 1 aromatic carbocycles.